The van der Waals surface area contributed by atoms with E-state index in [2.05, 4.69) is 36.1 Å². The molecule has 94 valence electrons. The fourth-order valence-electron chi connectivity index (χ4n) is 2.46. The Kier molecular flexibility index (Phi) is 4.57. The van der Waals surface area contributed by atoms with Crippen molar-refractivity contribution in [3.63, 3.8) is 0 Å². The molecule has 0 amide bonds. The van der Waals surface area contributed by atoms with Crippen molar-refractivity contribution in [3.8, 4) is 0 Å². The highest BCUT2D eigenvalue weighted by molar-refractivity contribution is 5.25. The molecule has 1 unspecified atom stereocenters. The van der Waals surface area contributed by atoms with Gasteiger partial charge in [-0.05, 0) is 49.5 Å². The Labute approximate surface area is 105 Å². The second-order valence-corrected chi connectivity index (χ2v) is 5.22. The SMILES string of the molecule is CC(CN)c1ccc(CN2CCCCC2)cc1. The van der Waals surface area contributed by atoms with Gasteiger partial charge in [0.05, 0.1) is 0 Å². The zero-order chi connectivity index (χ0) is 12.1. The van der Waals surface area contributed by atoms with Crippen LogP contribution in [0.2, 0.25) is 0 Å². The molecule has 0 spiro atoms. The van der Waals surface area contributed by atoms with Gasteiger partial charge in [0.25, 0.3) is 0 Å². The maximum absolute atomic E-state index is 5.68. The minimum atomic E-state index is 0.471. The minimum Gasteiger partial charge on any atom is -0.330 e. The number of hydrogen-bond acceptors (Lipinski definition) is 2. The second kappa shape index (κ2) is 6.18. The topological polar surface area (TPSA) is 29.3 Å². The van der Waals surface area contributed by atoms with E-state index in [4.69, 9.17) is 5.73 Å². The van der Waals surface area contributed by atoms with Crippen LogP contribution in [0.5, 0.6) is 0 Å². The highest BCUT2D eigenvalue weighted by Gasteiger charge is 2.10. The van der Waals surface area contributed by atoms with Crippen LogP contribution in [0.3, 0.4) is 0 Å². The lowest BCUT2D eigenvalue weighted by atomic mass is 10.00. The van der Waals surface area contributed by atoms with Crippen molar-refractivity contribution < 1.29 is 0 Å². The van der Waals surface area contributed by atoms with Gasteiger partial charge in [-0.1, -0.05) is 37.6 Å². The lowest BCUT2D eigenvalue weighted by Gasteiger charge is -2.26. The summed E-state index contributed by atoms with van der Waals surface area (Å²) < 4.78 is 0. The Bertz CT molecular complexity index is 325. The van der Waals surface area contributed by atoms with Crippen molar-refractivity contribution in [2.24, 2.45) is 5.73 Å². The molecular formula is C15H24N2. The van der Waals surface area contributed by atoms with Crippen LogP contribution in [0.25, 0.3) is 0 Å². The molecule has 1 fully saturated rings. The number of piperidine rings is 1. The summed E-state index contributed by atoms with van der Waals surface area (Å²) in [6, 6.07) is 8.99. The lowest BCUT2D eigenvalue weighted by molar-refractivity contribution is 0.221. The molecule has 2 heteroatoms. The standard InChI is InChI=1S/C15H24N2/c1-13(11-16)15-7-5-14(6-8-15)12-17-9-3-2-4-10-17/h5-8,13H,2-4,9-12,16H2,1H3. The van der Waals surface area contributed by atoms with Crippen molar-refractivity contribution >= 4 is 0 Å². The third kappa shape index (κ3) is 3.55. The Hall–Kier alpha value is -0.860. The lowest BCUT2D eigenvalue weighted by Crippen LogP contribution is -2.29. The van der Waals surface area contributed by atoms with Crippen molar-refractivity contribution in [2.75, 3.05) is 19.6 Å². The molecule has 1 saturated heterocycles. The Morgan fingerprint density at radius 1 is 1.12 bits per heavy atom. The van der Waals surface area contributed by atoms with Crippen LogP contribution in [0.15, 0.2) is 24.3 Å². The van der Waals surface area contributed by atoms with E-state index < -0.39 is 0 Å². The molecule has 2 nitrogen and oxygen atoms in total. The van der Waals surface area contributed by atoms with E-state index in [0.29, 0.717) is 5.92 Å². The third-order valence-electron chi connectivity index (χ3n) is 3.76. The normalized spacial score (nSPS) is 19.2. The Morgan fingerprint density at radius 2 is 1.76 bits per heavy atom. The van der Waals surface area contributed by atoms with Crippen molar-refractivity contribution in [1.29, 1.82) is 0 Å². The molecule has 1 aromatic carbocycles. The summed E-state index contributed by atoms with van der Waals surface area (Å²) in [5.74, 6) is 0.471. The Balaban J connectivity index is 1.93. The number of hydrogen-bond donors (Lipinski definition) is 1. The molecule has 2 rings (SSSR count). The number of likely N-dealkylation sites (tertiary alicyclic amines) is 1. The molecule has 1 aliphatic rings. The summed E-state index contributed by atoms with van der Waals surface area (Å²) in [6.45, 7) is 6.55. The van der Waals surface area contributed by atoms with Crippen LogP contribution in [0.1, 0.15) is 43.2 Å². The van der Waals surface area contributed by atoms with Crippen LogP contribution in [-0.2, 0) is 6.54 Å². The van der Waals surface area contributed by atoms with Gasteiger partial charge in [0.15, 0.2) is 0 Å². The maximum atomic E-state index is 5.68. The first-order valence-electron chi connectivity index (χ1n) is 6.81. The molecule has 1 atom stereocenters. The van der Waals surface area contributed by atoms with E-state index in [-0.39, 0.29) is 0 Å². The van der Waals surface area contributed by atoms with Crippen LogP contribution in [-0.4, -0.2) is 24.5 Å². The molecule has 0 bridgehead atoms. The van der Waals surface area contributed by atoms with E-state index in [0.717, 1.165) is 13.1 Å². The third-order valence-corrected chi connectivity index (χ3v) is 3.76. The molecule has 0 saturated carbocycles. The summed E-state index contributed by atoms with van der Waals surface area (Å²) in [5, 5.41) is 0. The van der Waals surface area contributed by atoms with Crippen LogP contribution < -0.4 is 5.73 Å². The van der Waals surface area contributed by atoms with Gasteiger partial charge < -0.3 is 5.73 Å². The molecule has 1 heterocycles. The van der Waals surface area contributed by atoms with Crippen LogP contribution in [0, 0.1) is 0 Å². The summed E-state index contributed by atoms with van der Waals surface area (Å²) in [7, 11) is 0. The van der Waals surface area contributed by atoms with Gasteiger partial charge in [0.1, 0.15) is 0 Å². The minimum absolute atomic E-state index is 0.471. The van der Waals surface area contributed by atoms with E-state index >= 15 is 0 Å². The monoisotopic (exact) mass is 232 g/mol. The van der Waals surface area contributed by atoms with E-state index in [1.807, 2.05) is 0 Å². The van der Waals surface area contributed by atoms with Gasteiger partial charge in [0.2, 0.25) is 0 Å². The van der Waals surface area contributed by atoms with Crippen molar-refractivity contribution in [1.82, 2.24) is 4.90 Å². The number of rotatable bonds is 4. The fourth-order valence-corrected chi connectivity index (χ4v) is 2.46. The number of nitrogens with zero attached hydrogens (tertiary/aromatic N) is 1. The molecule has 0 aromatic heterocycles. The van der Waals surface area contributed by atoms with Gasteiger partial charge in [-0.3, -0.25) is 4.90 Å². The van der Waals surface area contributed by atoms with E-state index in [1.165, 1.54) is 43.5 Å². The van der Waals surface area contributed by atoms with Crippen LogP contribution in [0.4, 0.5) is 0 Å². The highest BCUT2D eigenvalue weighted by Crippen LogP contribution is 2.17. The summed E-state index contributed by atoms with van der Waals surface area (Å²) in [5.41, 5.74) is 8.47. The number of benzene rings is 1. The average Bonchev–Trinajstić information content (AvgIpc) is 2.40. The summed E-state index contributed by atoms with van der Waals surface area (Å²) >= 11 is 0. The molecule has 0 radical (unpaired) electrons. The predicted octanol–water partition coefficient (Wildman–Crippen LogP) is 2.73. The molecular weight excluding hydrogens is 208 g/mol. The summed E-state index contributed by atoms with van der Waals surface area (Å²) in [6.07, 6.45) is 4.13. The van der Waals surface area contributed by atoms with Crippen molar-refractivity contribution in [3.05, 3.63) is 35.4 Å². The second-order valence-electron chi connectivity index (χ2n) is 5.22. The van der Waals surface area contributed by atoms with Crippen molar-refractivity contribution in [2.45, 2.75) is 38.6 Å². The maximum Gasteiger partial charge on any atom is 0.0233 e. The van der Waals surface area contributed by atoms with Gasteiger partial charge in [-0.2, -0.15) is 0 Å². The predicted molar refractivity (Wildman–Crippen MR) is 73.0 cm³/mol. The Morgan fingerprint density at radius 3 is 2.35 bits per heavy atom. The zero-order valence-electron chi connectivity index (χ0n) is 10.9. The first-order valence-corrected chi connectivity index (χ1v) is 6.81. The molecule has 2 N–H and O–H groups in total. The molecule has 0 aliphatic carbocycles. The van der Waals surface area contributed by atoms with Gasteiger partial charge in [-0.15, -0.1) is 0 Å². The van der Waals surface area contributed by atoms with Gasteiger partial charge in [-0.25, -0.2) is 0 Å². The smallest absolute Gasteiger partial charge is 0.0233 e. The zero-order valence-corrected chi connectivity index (χ0v) is 10.9. The fraction of sp³-hybridized carbons (Fsp3) is 0.600. The summed E-state index contributed by atoms with van der Waals surface area (Å²) in [4.78, 5) is 2.56. The van der Waals surface area contributed by atoms with Crippen LogP contribution >= 0.6 is 0 Å². The quantitative estimate of drug-likeness (QED) is 0.865. The first-order chi connectivity index (χ1) is 8.29. The first kappa shape index (κ1) is 12.6. The highest BCUT2D eigenvalue weighted by atomic mass is 15.1. The molecule has 1 aliphatic heterocycles. The molecule has 1 aromatic rings. The average molecular weight is 232 g/mol. The van der Waals surface area contributed by atoms with E-state index in [1.54, 1.807) is 0 Å². The van der Waals surface area contributed by atoms with Gasteiger partial charge in [0, 0.05) is 6.54 Å². The largest absolute Gasteiger partial charge is 0.330 e. The van der Waals surface area contributed by atoms with Gasteiger partial charge >= 0.3 is 0 Å². The molecule has 17 heavy (non-hydrogen) atoms. The number of nitrogens with two attached hydrogens (primary N) is 1. The van der Waals surface area contributed by atoms with E-state index in [9.17, 15) is 0 Å².